The fourth-order valence-corrected chi connectivity index (χ4v) is 1.58. The number of aromatic nitrogens is 2. The van der Waals surface area contributed by atoms with E-state index in [1.807, 2.05) is 4.98 Å². The third-order valence-electron chi connectivity index (χ3n) is 2.73. The molecule has 1 aromatic heterocycles. The Labute approximate surface area is 124 Å². The summed E-state index contributed by atoms with van der Waals surface area (Å²) in [5.41, 5.74) is -1.81. The Morgan fingerprint density at radius 3 is 2.59 bits per heavy atom. The molecule has 1 rings (SSSR count). The number of hydrogen-bond donors (Lipinski definition) is 6. The third kappa shape index (κ3) is 4.91. The third-order valence-corrected chi connectivity index (χ3v) is 2.73. The van der Waals surface area contributed by atoms with Gasteiger partial charge in [-0.25, -0.2) is 9.79 Å². The Kier molecular flexibility index (Phi) is 6.63. The summed E-state index contributed by atoms with van der Waals surface area (Å²) >= 11 is 0. The number of aromatic amines is 2. The van der Waals surface area contributed by atoms with Gasteiger partial charge in [0.25, 0.3) is 5.56 Å². The summed E-state index contributed by atoms with van der Waals surface area (Å²) < 4.78 is 0. The lowest BCUT2D eigenvalue weighted by molar-refractivity contribution is -0.102. The van der Waals surface area contributed by atoms with E-state index < -0.39 is 23.5 Å². The zero-order valence-corrected chi connectivity index (χ0v) is 11.9. The van der Waals surface area contributed by atoms with Crippen LogP contribution in [0.4, 0.5) is 11.5 Å². The average molecular weight is 314 g/mol. The molecule has 1 aromatic rings. The van der Waals surface area contributed by atoms with Crippen LogP contribution in [0.15, 0.2) is 14.6 Å². The van der Waals surface area contributed by atoms with Crippen LogP contribution in [-0.2, 0) is 4.79 Å². The van der Waals surface area contributed by atoms with Gasteiger partial charge in [0.05, 0.1) is 17.9 Å². The van der Waals surface area contributed by atoms with Gasteiger partial charge in [-0.2, -0.15) is 0 Å². The highest BCUT2D eigenvalue weighted by Gasteiger charge is 2.17. The molecule has 0 aliphatic carbocycles. The number of anilines is 1. The highest BCUT2D eigenvalue weighted by Crippen LogP contribution is 2.15. The van der Waals surface area contributed by atoms with Crippen LogP contribution in [0, 0.1) is 0 Å². The first-order valence-corrected chi connectivity index (χ1v) is 6.47. The molecule has 10 nitrogen and oxygen atoms in total. The summed E-state index contributed by atoms with van der Waals surface area (Å²) in [7, 11) is 0. The number of H-pyrrole nitrogens is 2. The first-order valence-electron chi connectivity index (χ1n) is 6.47. The Balaban J connectivity index is 3.01. The number of aliphatic hydroxyl groups is 3. The Bertz CT molecular complexity index is 650. The highest BCUT2D eigenvalue weighted by molar-refractivity contribution is 6.27. The van der Waals surface area contributed by atoms with Crippen LogP contribution in [0.1, 0.15) is 13.3 Å². The quantitative estimate of drug-likeness (QED) is 0.235. The minimum atomic E-state index is -1.24. The van der Waals surface area contributed by atoms with Gasteiger partial charge in [-0.1, -0.05) is 0 Å². The van der Waals surface area contributed by atoms with E-state index in [2.05, 4.69) is 15.3 Å². The number of rotatable bonds is 8. The van der Waals surface area contributed by atoms with Crippen LogP contribution >= 0.6 is 0 Å². The molecule has 0 saturated carbocycles. The molecule has 122 valence electrons. The number of aliphatic hydroxyl groups excluding tert-OH is 3. The van der Waals surface area contributed by atoms with Crippen molar-refractivity contribution in [3.05, 3.63) is 20.8 Å². The maximum absolute atomic E-state index is 11.7. The van der Waals surface area contributed by atoms with E-state index in [1.54, 1.807) is 0 Å². The van der Waals surface area contributed by atoms with Gasteiger partial charge >= 0.3 is 5.69 Å². The first-order chi connectivity index (χ1) is 10.4. The molecular formula is C12H18N4O6. The van der Waals surface area contributed by atoms with E-state index in [0.717, 1.165) is 0 Å². The summed E-state index contributed by atoms with van der Waals surface area (Å²) in [5, 5.41) is 30.4. The molecule has 10 heteroatoms. The molecule has 6 N–H and O–H groups in total. The molecule has 0 amide bonds. The lowest BCUT2D eigenvalue weighted by atomic mass is 10.1. The maximum atomic E-state index is 11.7. The van der Waals surface area contributed by atoms with Gasteiger partial charge in [-0.05, 0) is 13.3 Å². The fraction of sp³-hybridized carbons (Fsp3) is 0.500. The van der Waals surface area contributed by atoms with Crippen molar-refractivity contribution in [3.63, 3.8) is 0 Å². The SMILES string of the molecule is CC(C=O)=Nc1c(NCC(O)C(O)CCO)[nH]c(=O)[nH]c1=O. The van der Waals surface area contributed by atoms with Crippen molar-refractivity contribution in [2.45, 2.75) is 25.6 Å². The number of hydrogen-bond acceptors (Lipinski definition) is 8. The molecule has 0 bridgehead atoms. The molecule has 1 heterocycles. The maximum Gasteiger partial charge on any atom is 0.327 e. The lowest BCUT2D eigenvalue weighted by Crippen LogP contribution is -2.34. The zero-order chi connectivity index (χ0) is 16.7. The molecule has 0 fully saturated rings. The van der Waals surface area contributed by atoms with Gasteiger partial charge in [0.1, 0.15) is 5.82 Å². The molecule has 0 aliphatic heterocycles. The summed E-state index contributed by atoms with van der Waals surface area (Å²) in [5.74, 6) is -0.0924. The second kappa shape index (κ2) is 8.22. The molecule has 0 saturated heterocycles. The van der Waals surface area contributed by atoms with Crippen molar-refractivity contribution in [3.8, 4) is 0 Å². The molecule has 2 atom stereocenters. The normalized spacial score (nSPS) is 14.5. The van der Waals surface area contributed by atoms with Gasteiger partial charge < -0.3 is 20.6 Å². The summed E-state index contributed by atoms with van der Waals surface area (Å²) in [6.07, 6.45) is -1.99. The largest absolute Gasteiger partial charge is 0.396 e. The van der Waals surface area contributed by atoms with Crippen LogP contribution in [0.3, 0.4) is 0 Å². The second-order valence-corrected chi connectivity index (χ2v) is 4.53. The van der Waals surface area contributed by atoms with Crippen molar-refractivity contribution in [2.75, 3.05) is 18.5 Å². The van der Waals surface area contributed by atoms with E-state index in [9.17, 15) is 24.6 Å². The van der Waals surface area contributed by atoms with Gasteiger partial charge in [-0.15, -0.1) is 0 Å². The molecule has 0 aromatic carbocycles. The van der Waals surface area contributed by atoms with Crippen LogP contribution in [0.25, 0.3) is 0 Å². The van der Waals surface area contributed by atoms with Crippen LogP contribution < -0.4 is 16.6 Å². The molecule has 2 unspecified atom stereocenters. The molecule has 0 aliphatic rings. The van der Waals surface area contributed by atoms with Crippen molar-refractivity contribution in [1.29, 1.82) is 0 Å². The van der Waals surface area contributed by atoms with E-state index in [0.29, 0.717) is 6.29 Å². The van der Waals surface area contributed by atoms with Crippen molar-refractivity contribution < 1.29 is 20.1 Å². The van der Waals surface area contributed by atoms with Gasteiger partial charge in [0.2, 0.25) is 0 Å². The van der Waals surface area contributed by atoms with E-state index in [4.69, 9.17) is 5.11 Å². The molecule has 0 radical (unpaired) electrons. The minimum absolute atomic E-state index is 0.0152. The van der Waals surface area contributed by atoms with Crippen molar-refractivity contribution in [2.24, 2.45) is 4.99 Å². The molecule has 22 heavy (non-hydrogen) atoms. The molecular weight excluding hydrogens is 296 g/mol. The fourth-order valence-electron chi connectivity index (χ4n) is 1.58. The molecule has 0 spiro atoms. The highest BCUT2D eigenvalue weighted by atomic mass is 16.3. The van der Waals surface area contributed by atoms with E-state index in [-0.39, 0.29) is 36.8 Å². The number of aliphatic imine (C=N–C) groups is 1. The Hall–Kier alpha value is -2.30. The Morgan fingerprint density at radius 1 is 1.32 bits per heavy atom. The van der Waals surface area contributed by atoms with E-state index in [1.165, 1.54) is 6.92 Å². The number of carbonyl (C=O) groups excluding carboxylic acids is 1. The first kappa shape index (κ1) is 17.8. The minimum Gasteiger partial charge on any atom is -0.396 e. The summed E-state index contributed by atoms with van der Waals surface area (Å²) in [6.45, 7) is 0.874. The topological polar surface area (TPSA) is 168 Å². The second-order valence-electron chi connectivity index (χ2n) is 4.53. The van der Waals surface area contributed by atoms with Crippen molar-refractivity contribution in [1.82, 2.24) is 9.97 Å². The predicted molar refractivity (Wildman–Crippen MR) is 78.7 cm³/mol. The van der Waals surface area contributed by atoms with Crippen LogP contribution in [0.5, 0.6) is 0 Å². The number of carbonyl (C=O) groups is 1. The Morgan fingerprint density at radius 2 is 2.00 bits per heavy atom. The van der Waals surface area contributed by atoms with E-state index >= 15 is 0 Å². The number of nitrogens with zero attached hydrogens (tertiary/aromatic N) is 1. The predicted octanol–water partition coefficient (Wildman–Crippen LogP) is -2.13. The monoisotopic (exact) mass is 314 g/mol. The smallest absolute Gasteiger partial charge is 0.327 e. The lowest BCUT2D eigenvalue weighted by Gasteiger charge is -2.18. The van der Waals surface area contributed by atoms with Gasteiger partial charge in [0, 0.05) is 13.2 Å². The number of aldehydes is 1. The van der Waals surface area contributed by atoms with Crippen LogP contribution in [-0.4, -0.2) is 62.6 Å². The zero-order valence-electron chi connectivity index (χ0n) is 11.9. The van der Waals surface area contributed by atoms with Crippen molar-refractivity contribution >= 4 is 23.5 Å². The van der Waals surface area contributed by atoms with Crippen LogP contribution in [0.2, 0.25) is 0 Å². The average Bonchev–Trinajstić information content (AvgIpc) is 2.47. The number of nitrogens with one attached hydrogen (secondary N) is 3. The summed E-state index contributed by atoms with van der Waals surface area (Å²) in [6, 6.07) is 0. The standard InChI is InChI=1S/C12H18N4O6/c1-6(5-18)14-9-10(15-12(22)16-11(9)21)13-4-8(20)7(19)2-3-17/h5,7-8,17,19-20H,2-4H2,1H3,(H3,13,15,16,21,22). The van der Waals surface area contributed by atoms with Gasteiger partial charge in [-0.3, -0.25) is 19.6 Å². The summed E-state index contributed by atoms with van der Waals surface area (Å²) in [4.78, 5) is 41.6. The van der Waals surface area contributed by atoms with Gasteiger partial charge in [0.15, 0.2) is 12.0 Å².